The molecule has 0 aliphatic heterocycles. The lowest BCUT2D eigenvalue weighted by Crippen LogP contribution is -2.04. The molecule has 2 heterocycles. The summed E-state index contributed by atoms with van der Waals surface area (Å²) in [7, 11) is 0. The van der Waals surface area contributed by atoms with Crippen LogP contribution in [0.1, 0.15) is 23.9 Å². The quantitative estimate of drug-likeness (QED) is 0.840. The molecule has 0 bridgehead atoms. The number of nitrogens with zero attached hydrogens (tertiary/aromatic N) is 2. The fourth-order valence-electron chi connectivity index (χ4n) is 2.23. The number of halogens is 1. The van der Waals surface area contributed by atoms with Crippen molar-refractivity contribution in [2.75, 3.05) is 5.32 Å². The van der Waals surface area contributed by atoms with Crippen LogP contribution in [0.2, 0.25) is 0 Å². The molecule has 0 spiro atoms. The summed E-state index contributed by atoms with van der Waals surface area (Å²) in [6.45, 7) is 7.96. The molecule has 0 amide bonds. The van der Waals surface area contributed by atoms with Gasteiger partial charge in [-0.15, -0.1) is 0 Å². The number of pyridine rings is 1. The van der Waals surface area contributed by atoms with E-state index in [9.17, 15) is 4.39 Å². The fraction of sp³-hybridized carbons (Fsp3) is 0.357. The molecule has 0 atom stereocenters. The summed E-state index contributed by atoms with van der Waals surface area (Å²) in [4.78, 5) is 3.78. The summed E-state index contributed by atoms with van der Waals surface area (Å²) >= 11 is 0. The van der Waals surface area contributed by atoms with Crippen molar-refractivity contribution in [1.82, 2.24) is 9.55 Å². The standard InChI is InChI=1S/C14H18FN3/c1-4-18-10(2)8-12(11(18)3)9-16-14-7-5-6-13(15)17-14/h5-8H,4,9H2,1-3H3,(H,16,17). The van der Waals surface area contributed by atoms with E-state index >= 15 is 0 Å². The fourth-order valence-corrected chi connectivity index (χ4v) is 2.23. The first kappa shape index (κ1) is 12.6. The molecule has 0 aliphatic carbocycles. The van der Waals surface area contributed by atoms with Gasteiger partial charge in [0.1, 0.15) is 5.82 Å². The lowest BCUT2D eigenvalue weighted by Gasteiger charge is -2.07. The highest BCUT2D eigenvalue weighted by Gasteiger charge is 2.07. The Morgan fingerprint density at radius 2 is 2.11 bits per heavy atom. The van der Waals surface area contributed by atoms with E-state index in [1.54, 1.807) is 12.1 Å². The zero-order valence-corrected chi connectivity index (χ0v) is 11.0. The van der Waals surface area contributed by atoms with Gasteiger partial charge in [-0.05, 0) is 44.5 Å². The van der Waals surface area contributed by atoms with Crippen LogP contribution in [0, 0.1) is 19.8 Å². The van der Waals surface area contributed by atoms with Crippen LogP contribution in [0.3, 0.4) is 0 Å². The van der Waals surface area contributed by atoms with Gasteiger partial charge >= 0.3 is 0 Å². The first-order chi connectivity index (χ1) is 8.61. The average Bonchev–Trinajstić information content (AvgIpc) is 2.61. The molecule has 0 aliphatic rings. The molecule has 2 rings (SSSR count). The predicted octanol–water partition coefficient (Wildman–Crippen LogP) is 3.27. The number of aromatic nitrogens is 2. The van der Waals surface area contributed by atoms with Gasteiger partial charge in [0.05, 0.1) is 0 Å². The van der Waals surface area contributed by atoms with Crippen molar-refractivity contribution < 1.29 is 4.39 Å². The van der Waals surface area contributed by atoms with E-state index in [4.69, 9.17) is 0 Å². The molecule has 96 valence electrons. The van der Waals surface area contributed by atoms with Crippen molar-refractivity contribution in [2.24, 2.45) is 0 Å². The molecule has 0 aromatic carbocycles. The topological polar surface area (TPSA) is 29.9 Å². The van der Waals surface area contributed by atoms with Crippen LogP contribution >= 0.6 is 0 Å². The molecule has 1 N–H and O–H groups in total. The highest BCUT2D eigenvalue weighted by atomic mass is 19.1. The molecule has 2 aromatic heterocycles. The number of anilines is 1. The molecule has 4 heteroatoms. The molecule has 0 fully saturated rings. The van der Waals surface area contributed by atoms with Gasteiger partial charge in [0.2, 0.25) is 5.95 Å². The van der Waals surface area contributed by atoms with Gasteiger partial charge in [0.25, 0.3) is 0 Å². The zero-order valence-electron chi connectivity index (χ0n) is 11.0. The van der Waals surface area contributed by atoms with Crippen LogP contribution in [-0.4, -0.2) is 9.55 Å². The van der Waals surface area contributed by atoms with Gasteiger partial charge in [0.15, 0.2) is 0 Å². The van der Waals surface area contributed by atoms with E-state index in [2.05, 4.69) is 41.7 Å². The Morgan fingerprint density at radius 3 is 2.72 bits per heavy atom. The maximum atomic E-state index is 12.9. The van der Waals surface area contributed by atoms with Crippen molar-refractivity contribution in [3.63, 3.8) is 0 Å². The Balaban J connectivity index is 2.11. The lowest BCUT2D eigenvalue weighted by molar-refractivity contribution is 0.585. The molecule has 18 heavy (non-hydrogen) atoms. The molecule has 0 unspecified atom stereocenters. The monoisotopic (exact) mass is 247 g/mol. The summed E-state index contributed by atoms with van der Waals surface area (Å²) in [5.74, 6) is 0.107. The second-order valence-corrected chi connectivity index (χ2v) is 4.34. The maximum absolute atomic E-state index is 12.9. The van der Waals surface area contributed by atoms with Gasteiger partial charge in [-0.3, -0.25) is 0 Å². The van der Waals surface area contributed by atoms with Crippen LogP contribution in [-0.2, 0) is 13.1 Å². The molecule has 0 saturated heterocycles. The largest absolute Gasteiger partial charge is 0.366 e. The van der Waals surface area contributed by atoms with Crippen LogP contribution in [0.4, 0.5) is 10.2 Å². The Hall–Kier alpha value is -1.84. The number of hydrogen-bond acceptors (Lipinski definition) is 2. The predicted molar refractivity (Wildman–Crippen MR) is 71.1 cm³/mol. The minimum Gasteiger partial charge on any atom is -0.366 e. The van der Waals surface area contributed by atoms with Crippen molar-refractivity contribution >= 4 is 5.82 Å². The van der Waals surface area contributed by atoms with Gasteiger partial charge in [-0.25, -0.2) is 4.98 Å². The molecule has 0 radical (unpaired) electrons. The Labute approximate surface area is 107 Å². The number of nitrogens with one attached hydrogen (secondary N) is 1. The summed E-state index contributed by atoms with van der Waals surface area (Å²) in [6.07, 6.45) is 0. The molecule has 2 aromatic rings. The van der Waals surface area contributed by atoms with Crippen LogP contribution in [0.15, 0.2) is 24.3 Å². The maximum Gasteiger partial charge on any atom is 0.214 e. The van der Waals surface area contributed by atoms with E-state index in [1.165, 1.54) is 23.0 Å². The molecule has 3 nitrogen and oxygen atoms in total. The van der Waals surface area contributed by atoms with Crippen molar-refractivity contribution in [2.45, 2.75) is 33.9 Å². The number of hydrogen-bond donors (Lipinski definition) is 1. The second kappa shape index (κ2) is 5.21. The molecular weight excluding hydrogens is 229 g/mol. The Morgan fingerprint density at radius 1 is 1.33 bits per heavy atom. The normalized spacial score (nSPS) is 10.7. The highest BCUT2D eigenvalue weighted by Crippen LogP contribution is 2.16. The summed E-state index contributed by atoms with van der Waals surface area (Å²) in [6, 6.07) is 6.92. The second-order valence-electron chi connectivity index (χ2n) is 4.34. The summed E-state index contributed by atoms with van der Waals surface area (Å²) in [5.41, 5.74) is 3.72. The van der Waals surface area contributed by atoms with Crippen LogP contribution < -0.4 is 5.32 Å². The third kappa shape index (κ3) is 2.53. The SMILES string of the molecule is CCn1c(C)cc(CNc2cccc(F)n2)c1C. The lowest BCUT2D eigenvalue weighted by atomic mass is 10.2. The first-order valence-electron chi connectivity index (χ1n) is 6.14. The van der Waals surface area contributed by atoms with Gasteiger partial charge in [-0.2, -0.15) is 4.39 Å². The van der Waals surface area contributed by atoms with Gasteiger partial charge in [-0.1, -0.05) is 6.07 Å². The summed E-state index contributed by atoms with van der Waals surface area (Å²) < 4.78 is 15.2. The van der Waals surface area contributed by atoms with Gasteiger partial charge in [0, 0.05) is 24.5 Å². The highest BCUT2D eigenvalue weighted by molar-refractivity contribution is 5.37. The zero-order chi connectivity index (χ0) is 13.1. The Bertz CT molecular complexity index is 546. The van der Waals surface area contributed by atoms with E-state index in [1.807, 2.05) is 0 Å². The molecule has 0 saturated carbocycles. The smallest absolute Gasteiger partial charge is 0.214 e. The van der Waals surface area contributed by atoms with Crippen molar-refractivity contribution in [3.8, 4) is 0 Å². The Kier molecular flexibility index (Phi) is 3.65. The van der Waals surface area contributed by atoms with Crippen LogP contribution in [0.5, 0.6) is 0 Å². The van der Waals surface area contributed by atoms with Crippen LogP contribution in [0.25, 0.3) is 0 Å². The molecular formula is C14H18FN3. The van der Waals surface area contributed by atoms with Gasteiger partial charge < -0.3 is 9.88 Å². The average molecular weight is 247 g/mol. The van der Waals surface area contributed by atoms with Crippen molar-refractivity contribution in [1.29, 1.82) is 0 Å². The third-order valence-corrected chi connectivity index (χ3v) is 3.17. The summed E-state index contributed by atoms with van der Waals surface area (Å²) in [5, 5.41) is 3.14. The van der Waals surface area contributed by atoms with E-state index < -0.39 is 5.95 Å². The number of rotatable bonds is 4. The first-order valence-corrected chi connectivity index (χ1v) is 6.14. The van der Waals surface area contributed by atoms with E-state index in [0.717, 1.165) is 6.54 Å². The van der Waals surface area contributed by atoms with E-state index in [-0.39, 0.29) is 0 Å². The number of aryl methyl sites for hydroxylation is 1. The minimum absolute atomic E-state index is 0.459. The third-order valence-electron chi connectivity index (χ3n) is 3.17. The van der Waals surface area contributed by atoms with E-state index in [0.29, 0.717) is 12.4 Å². The van der Waals surface area contributed by atoms with Crippen molar-refractivity contribution in [3.05, 3.63) is 47.2 Å². The minimum atomic E-state index is -0.459.